The third-order valence-corrected chi connectivity index (χ3v) is 15.9. The first-order valence-electron chi connectivity index (χ1n) is 26.3. The van der Waals surface area contributed by atoms with Crippen molar-refractivity contribution in [1.82, 2.24) is 39.3 Å². The molecule has 3 saturated heterocycles. The number of carbonyl (C=O) groups is 1. The minimum Gasteiger partial charge on any atom is -0.483 e. The van der Waals surface area contributed by atoms with Crippen LogP contribution in [0, 0.1) is 11.3 Å². The summed E-state index contributed by atoms with van der Waals surface area (Å²) in [7, 11) is 2.13. The number of amides is 1. The molecule has 4 aromatic heterocycles. The van der Waals surface area contributed by atoms with Crippen molar-refractivity contribution in [3.8, 4) is 17.8 Å². The van der Waals surface area contributed by atoms with Gasteiger partial charge in [-0.2, -0.15) is 24.8 Å². The summed E-state index contributed by atoms with van der Waals surface area (Å²) in [6, 6.07) is 18.9. The molecule has 4 aliphatic heterocycles. The summed E-state index contributed by atoms with van der Waals surface area (Å²) in [6.07, 6.45) is 13.0. The molecule has 0 saturated carbocycles. The molecule has 3 atom stereocenters. The van der Waals surface area contributed by atoms with Crippen molar-refractivity contribution in [2.75, 3.05) is 79.5 Å². The fourth-order valence-corrected chi connectivity index (χ4v) is 11.6. The van der Waals surface area contributed by atoms with Gasteiger partial charge in [-0.3, -0.25) is 9.78 Å². The van der Waals surface area contributed by atoms with E-state index in [0.717, 1.165) is 120 Å². The van der Waals surface area contributed by atoms with Crippen LogP contribution in [0.5, 0.6) is 11.8 Å². The lowest BCUT2D eigenvalue weighted by atomic mass is 9.95. The van der Waals surface area contributed by atoms with Crippen LogP contribution in [0.1, 0.15) is 88.1 Å². The van der Waals surface area contributed by atoms with E-state index in [2.05, 4.69) is 80.8 Å². The molecule has 0 spiro atoms. The quantitative estimate of drug-likeness (QED) is 0.0840. The van der Waals surface area contributed by atoms with Gasteiger partial charge >= 0.3 is 6.01 Å². The number of nitrogens with zero attached hydrogens (tertiary/aromatic N) is 12. The van der Waals surface area contributed by atoms with E-state index in [0.29, 0.717) is 69.0 Å². The van der Waals surface area contributed by atoms with Gasteiger partial charge in [-0.25, -0.2) is 4.98 Å². The Labute approximate surface area is 438 Å². The van der Waals surface area contributed by atoms with E-state index in [4.69, 9.17) is 41.1 Å². The summed E-state index contributed by atoms with van der Waals surface area (Å²) < 4.78 is 15.0. The van der Waals surface area contributed by atoms with Gasteiger partial charge in [0, 0.05) is 104 Å². The van der Waals surface area contributed by atoms with Gasteiger partial charge in [0.2, 0.25) is 0 Å². The second kappa shape index (κ2) is 22.0. The smallest absolute Gasteiger partial charge is 0.318 e. The molecule has 0 aliphatic carbocycles. The third-order valence-electron chi connectivity index (χ3n) is 15.6. The lowest BCUT2D eigenvalue weighted by molar-refractivity contribution is -0.131. The monoisotopic (exact) mass is 1020 g/mol. The standard InChI is InChI=1S/C56H68ClN13O4/c1-6-38-33-61-70-49(30-50(63-52(38)70)68-25-8-7-14-41(68)21-29-71)60-32-40-31-59-23-19-48(40)74-56(3,4)37(2)54(72)69-28-27-67(34-42(69)18-22-58)53-44-20-26-66(47-17-10-13-39-12-9-16-45(57)51(39)47)35-46(44)62-55(64-53)73-36-43-15-11-24-65(43)5/h9-10,12-13,16-17,19,23,30-31,33,41-43,60,71H,2,6-8,11,14-15,18,20-21,24-29,32,34-36H2,1,3-5H3/t41-,42-,43-/m0/s1. The Morgan fingerprint density at radius 2 is 1.81 bits per heavy atom. The molecule has 0 radical (unpaired) electrons. The van der Waals surface area contributed by atoms with Crippen LogP contribution < -0.4 is 29.5 Å². The number of likely N-dealkylation sites (N-methyl/N-ethyl adjacent to an activating group) is 1. The van der Waals surface area contributed by atoms with Gasteiger partial charge in [0.15, 0.2) is 5.65 Å². The van der Waals surface area contributed by atoms with Crippen LogP contribution in [-0.2, 0) is 30.7 Å². The van der Waals surface area contributed by atoms with Crippen molar-refractivity contribution < 1.29 is 19.4 Å². The van der Waals surface area contributed by atoms with Crippen molar-refractivity contribution in [2.24, 2.45) is 0 Å². The number of piperidine rings is 1. The normalized spacial score (nSPS) is 19.4. The molecule has 4 aliphatic rings. The van der Waals surface area contributed by atoms with Crippen LogP contribution >= 0.6 is 11.6 Å². The number of nitriles is 1. The second-order valence-electron chi connectivity index (χ2n) is 20.6. The summed E-state index contributed by atoms with van der Waals surface area (Å²) in [4.78, 5) is 45.5. The number of piperazine rings is 1. The fraction of sp³-hybridized carbons (Fsp3) is 0.482. The first-order chi connectivity index (χ1) is 35.9. The van der Waals surface area contributed by atoms with E-state index in [-0.39, 0.29) is 36.6 Å². The lowest BCUT2D eigenvalue weighted by Gasteiger charge is -2.43. The highest BCUT2D eigenvalue weighted by Crippen LogP contribution is 2.39. The predicted molar refractivity (Wildman–Crippen MR) is 289 cm³/mol. The van der Waals surface area contributed by atoms with Crippen molar-refractivity contribution in [1.29, 1.82) is 5.26 Å². The Morgan fingerprint density at radius 1 is 0.973 bits per heavy atom. The van der Waals surface area contributed by atoms with Crippen molar-refractivity contribution >= 4 is 57.1 Å². The van der Waals surface area contributed by atoms with Crippen LogP contribution in [0.4, 0.5) is 23.1 Å². The zero-order valence-corrected chi connectivity index (χ0v) is 43.9. The second-order valence-corrected chi connectivity index (χ2v) is 21.0. The zero-order chi connectivity index (χ0) is 51.5. The minimum absolute atomic E-state index is 0.122. The number of aromatic nitrogens is 6. The molecule has 3 fully saturated rings. The van der Waals surface area contributed by atoms with Gasteiger partial charge < -0.3 is 44.4 Å². The van der Waals surface area contributed by atoms with Crippen LogP contribution in [0.15, 0.2) is 79.3 Å². The SMILES string of the molecule is C=C(C(=O)N1CCN(c2nc(OC[C@@H]3CCCN3C)nc3c2CCN(c2cccc4cccc(Cl)c24)C3)C[C@@H]1CC#N)C(C)(C)Oc1ccncc1CNc1cc(N2CCCC[C@H]2CCO)nc2c(CC)cnn12. The number of fused-ring (bicyclic) bond motifs is 3. The molecule has 18 heteroatoms. The third kappa shape index (κ3) is 10.4. The number of likely N-dealkylation sites (tertiary alicyclic amines) is 1. The van der Waals surface area contributed by atoms with E-state index in [9.17, 15) is 15.2 Å². The Bertz CT molecular complexity index is 3060. The van der Waals surface area contributed by atoms with Crippen molar-refractivity contribution in [3.63, 3.8) is 0 Å². The molecular formula is C56H68ClN13O4. The number of hydrogen-bond donors (Lipinski definition) is 2. The average Bonchev–Trinajstić information content (AvgIpc) is 4.04. The Balaban J connectivity index is 0.861. The number of benzene rings is 2. The molecule has 74 heavy (non-hydrogen) atoms. The number of aliphatic hydroxyl groups is 1. The molecule has 388 valence electrons. The van der Waals surface area contributed by atoms with Crippen molar-refractivity contribution in [3.05, 3.63) is 107 Å². The van der Waals surface area contributed by atoms with Gasteiger partial charge in [-0.05, 0) is 102 Å². The van der Waals surface area contributed by atoms with Crippen LogP contribution in [0.2, 0.25) is 5.02 Å². The number of aryl methyl sites for hydroxylation is 1. The number of halogens is 1. The lowest BCUT2D eigenvalue weighted by Crippen LogP contribution is -2.57. The van der Waals surface area contributed by atoms with Crippen molar-refractivity contribution in [2.45, 2.75) is 115 Å². The maximum absolute atomic E-state index is 14.7. The number of aliphatic hydroxyl groups excluding tert-OH is 1. The number of nitrogens with one attached hydrogen (secondary N) is 1. The Morgan fingerprint density at radius 3 is 2.61 bits per heavy atom. The summed E-state index contributed by atoms with van der Waals surface area (Å²) >= 11 is 6.83. The largest absolute Gasteiger partial charge is 0.483 e. The summed E-state index contributed by atoms with van der Waals surface area (Å²) in [5, 5.41) is 31.2. The highest BCUT2D eigenvalue weighted by atomic mass is 35.5. The van der Waals surface area contributed by atoms with E-state index in [1.54, 1.807) is 23.4 Å². The summed E-state index contributed by atoms with van der Waals surface area (Å²) in [6.45, 7) is 15.5. The highest BCUT2D eigenvalue weighted by Gasteiger charge is 2.39. The number of hydrogen-bond acceptors (Lipinski definition) is 15. The van der Waals surface area contributed by atoms with E-state index in [1.165, 1.54) is 0 Å². The van der Waals surface area contributed by atoms with Gasteiger partial charge in [0.05, 0.1) is 47.6 Å². The maximum atomic E-state index is 14.7. The molecular weight excluding hydrogens is 954 g/mol. The van der Waals surface area contributed by atoms with Crippen LogP contribution in [-0.4, -0.2) is 134 Å². The molecule has 6 aromatic rings. The highest BCUT2D eigenvalue weighted by molar-refractivity contribution is 6.36. The van der Waals surface area contributed by atoms with E-state index < -0.39 is 11.6 Å². The first-order valence-corrected chi connectivity index (χ1v) is 26.7. The Kier molecular flexibility index (Phi) is 15.1. The first kappa shape index (κ1) is 50.8. The Hall–Kier alpha value is -6.74. The summed E-state index contributed by atoms with van der Waals surface area (Å²) in [5.41, 5.74) is 4.75. The molecule has 2 aromatic carbocycles. The fourth-order valence-electron chi connectivity index (χ4n) is 11.3. The van der Waals surface area contributed by atoms with E-state index in [1.807, 2.05) is 42.8 Å². The number of pyridine rings is 1. The number of carbonyl (C=O) groups excluding carboxylic acids is 1. The predicted octanol–water partition coefficient (Wildman–Crippen LogP) is 8.02. The van der Waals surface area contributed by atoms with Crippen LogP contribution in [0.3, 0.4) is 0 Å². The summed E-state index contributed by atoms with van der Waals surface area (Å²) in [5.74, 6) is 2.70. The minimum atomic E-state index is -1.14. The van der Waals surface area contributed by atoms with Crippen LogP contribution in [0.25, 0.3) is 16.4 Å². The number of anilines is 4. The average molecular weight is 1020 g/mol. The number of ether oxygens (including phenoxy) is 2. The topological polar surface area (TPSA) is 177 Å². The van der Waals surface area contributed by atoms with Gasteiger partial charge in [-0.15, -0.1) is 0 Å². The number of rotatable bonds is 17. The van der Waals surface area contributed by atoms with Gasteiger partial charge in [-0.1, -0.05) is 49.4 Å². The van der Waals surface area contributed by atoms with E-state index >= 15 is 0 Å². The molecule has 0 bridgehead atoms. The van der Waals surface area contributed by atoms with Gasteiger partial charge in [0.1, 0.15) is 35.4 Å². The molecule has 0 unspecified atom stereocenters. The molecule has 10 rings (SSSR count). The molecule has 8 heterocycles. The molecule has 17 nitrogen and oxygen atoms in total. The molecule has 2 N–H and O–H groups in total. The molecule has 1 amide bonds. The van der Waals surface area contributed by atoms with Gasteiger partial charge in [0.25, 0.3) is 5.91 Å². The maximum Gasteiger partial charge on any atom is 0.318 e. The zero-order valence-electron chi connectivity index (χ0n) is 43.1.